The second-order valence-electron chi connectivity index (χ2n) is 12.4. The summed E-state index contributed by atoms with van der Waals surface area (Å²) in [5, 5.41) is 27.0. The fourth-order valence-corrected chi connectivity index (χ4v) is 6.24. The van der Waals surface area contributed by atoms with Crippen LogP contribution >= 0.6 is 30.8 Å². The Morgan fingerprint density at radius 2 is 1.58 bits per heavy atom. The first-order chi connectivity index (χ1) is 26.9. The summed E-state index contributed by atoms with van der Waals surface area (Å²) < 4.78 is 116. The van der Waals surface area contributed by atoms with E-state index in [4.69, 9.17) is 43.5 Å². The van der Waals surface area contributed by atoms with Gasteiger partial charge in [0.1, 0.15) is 19.5 Å². The van der Waals surface area contributed by atoms with E-state index >= 15 is 0 Å². The number of hydrogen-bond donors (Lipinski definition) is 4. The molecule has 1 aliphatic rings. The maximum atomic E-state index is 12.8. The molecule has 0 bridgehead atoms. The highest BCUT2D eigenvalue weighted by atomic mass is 35.5. The van der Waals surface area contributed by atoms with Gasteiger partial charge in [-0.05, 0) is 54.1 Å². The number of sulfone groups is 1. The van der Waals surface area contributed by atoms with Crippen molar-refractivity contribution in [2.24, 2.45) is 0 Å². The van der Waals surface area contributed by atoms with Gasteiger partial charge in [0.05, 0.1) is 74.3 Å². The van der Waals surface area contributed by atoms with Crippen LogP contribution in [0.1, 0.15) is 51.6 Å². The lowest BCUT2D eigenvalue weighted by Gasteiger charge is -2.14. The Balaban J connectivity index is 0.000000312. The van der Waals surface area contributed by atoms with Crippen molar-refractivity contribution < 1.29 is 73.3 Å². The fraction of sp³-hybridized carbons (Fsp3) is 0.355. The summed E-state index contributed by atoms with van der Waals surface area (Å²) in [6.45, 7) is -0.479. The van der Waals surface area contributed by atoms with E-state index in [2.05, 4.69) is 29.0 Å². The van der Waals surface area contributed by atoms with Crippen molar-refractivity contribution in [2.75, 3.05) is 43.6 Å². The number of carbonyl (C=O) groups is 2. The van der Waals surface area contributed by atoms with Crippen LogP contribution in [0.4, 0.5) is 37.8 Å². The molecule has 0 aliphatic heterocycles. The molecular weight excluding hydrogens is 912 g/mol. The third-order valence-electron chi connectivity index (χ3n) is 6.87. The number of anilines is 1. The summed E-state index contributed by atoms with van der Waals surface area (Å²) in [5.41, 5.74) is 2.41. The second-order valence-corrected chi connectivity index (χ2v) is 19.2. The minimum Gasteiger partial charge on any atom is -0.778 e. The van der Waals surface area contributed by atoms with Crippen molar-refractivity contribution >= 4 is 74.8 Å². The Labute approximate surface area is 343 Å². The first-order valence-electron chi connectivity index (χ1n) is 15.8. The molecule has 5 rings (SSSR count). The molecule has 28 heteroatoms. The smallest absolute Gasteiger partial charge is 0.416 e. The summed E-state index contributed by atoms with van der Waals surface area (Å²) >= 11 is 11.5. The van der Waals surface area contributed by atoms with Crippen molar-refractivity contribution in [1.82, 2.24) is 20.3 Å². The van der Waals surface area contributed by atoms with Gasteiger partial charge in [-0.25, -0.2) is 13.1 Å². The summed E-state index contributed by atoms with van der Waals surface area (Å²) in [7, 11) is -7.75. The summed E-state index contributed by atoms with van der Waals surface area (Å²) in [6, 6.07) is 3.32. The maximum absolute atomic E-state index is 12.8. The third kappa shape index (κ3) is 15.7. The number of carbonyl (C=O) groups excluding carboxylic acids is 1. The number of hydrogen-bond acceptors (Lipinski definition) is 13. The van der Waals surface area contributed by atoms with Gasteiger partial charge in [0.25, 0.3) is 0 Å². The zero-order chi connectivity index (χ0) is 45.4. The molecule has 0 spiro atoms. The molecule has 1 fully saturated rings. The molecule has 5 N–H and O–H groups in total. The van der Waals surface area contributed by atoms with Crippen LogP contribution in [-0.2, 0) is 42.4 Å². The first-order valence-corrected chi connectivity index (χ1v) is 22.6. The van der Waals surface area contributed by atoms with E-state index in [1.807, 2.05) is 5.32 Å². The van der Waals surface area contributed by atoms with E-state index in [1.165, 1.54) is 6.20 Å². The van der Waals surface area contributed by atoms with Crippen molar-refractivity contribution in [2.45, 2.75) is 36.0 Å². The van der Waals surface area contributed by atoms with Crippen LogP contribution in [0.15, 0.2) is 52.1 Å². The number of ketones is 1. The average molecular weight is 946 g/mol. The van der Waals surface area contributed by atoms with Gasteiger partial charge in [0.15, 0.2) is 21.4 Å². The highest BCUT2D eigenvalue weighted by molar-refractivity contribution is 7.94. The number of nitrogens with two attached hydrogens (primary N) is 1. The zero-order valence-corrected chi connectivity index (χ0v) is 34.7. The molecule has 4 aromatic rings. The number of benzene rings is 2. The minimum absolute atomic E-state index is 0.0441. The third-order valence-corrected chi connectivity index (χ3v) is 9.21. The van der Waals surface area contributed by atoms with Gasteiger partial charge >= 0.3 is 24.0 Å². The van der Waals surface area contributed by atoms with Crippen LogP contribution in [-0.4, -0.2) is 87.9 Å². The molecule has 2 aromatic carbocycles. The molecule has 2 heterocycles. The molecule has 2 aromatic heterocycles. The molecule has 1 saturated carbocycles. The average Bonchev–Trinajstić information content (AvgIpc) is 3.67. The molecular formula is C31H33Cl2F6N6O11PS2. The topological polar surface area (TPSA) is 274 Å². The maximum Gasteiger partial charge on any atom is 0.416 e. The van der Waals surface area contributed by atoms with E-state index in [1.54, 1.807) is 0 Å². The highest BCUT2D eigenvalue weighted by Crippen LogP contribution is 2.43. The standard InChI is InChI=1S/C15H12F3NO4S.C10H5Cl2F3N4O2.C3H8NO5P.C3H9S/c1-24(21,22)12-6-9(15(16,17)18)4-5-10(12)13(20)11-7-19-23-14(11)8-2-3-8;11-5-1-4(10(13,14)15)2-6(12)8(5)18-9(16)7(3-17-18)19(20)21;5-3(6)1-4-2-10(7,8)9;1-4(2)3/h4-8H,2-3H2,1H3;1-3H,16H2;4H,1-2H2,(H,5,6)(H2,7,8,9);1-3H3/q;;;+1/p-1. The Morgan fingerprint density at radius 1 is 1.05 bits per heavy atom. The van der Waals surface area contributed by atoms with Crippen LogP contribution in [0.3, 0.4) is 0 Å². The largest absolute Gasteiger partial charge is 0.778 e. The lowest BCUT2D eigenvalue weighted by molar-refractivity contribution is -0.383. The number of aromatic nitrogens is 3. The molecule has 0 saturated heterocycles. The minimum atomic E-state index is -4.71. The summed E-state index contributed by atoms with van der Waals surface area (Å²) in [5.74, 6) is -1.90. The van der Waals surface area contributed by atoms with Crippen LogP contribution in [0.5, 0.6) is 0 Å². The molecule has 59 heavy (non-hydrogen) atoms. The van der Waals surface area contributed by atoms with Gasteiger partial charge in [-0.15, -0.1) is 0 Å². The van der Waals surface area contributed by atoms with Crippen LogP contribution in [0, 0.1) is 10.1 Å². The first kappa shape index (κ1) is 50.9. The van der Waals surface area contributed by atoms with Crippen molar-refractivity contribution in [3.8, 4) is 5.69 Å². The predicted octanol–water partition coefficient (Wildman–Crippen LogP) is 5.55. The quantitative estimate of drug-likeness (QED) is 0.0379. The number of nitrogens with one attached hydrogen (secondary N) is 1. The van der Waals surface area contributed by atoms with Gasteiger partial charge in [0.2, 0.25) is 5.82 Å². The number of nitrogen functional groups attached to an aromatic ring is 1. The molecule has 1 aliphatic carbocycles. The fourth-order valence-electron chi connectivity index (χ4n) is 4.30. The van der Waals surface area contributed by atoms with E-state index in [-0.39, 0.29) is 32.8 Å². The number of aliphatic carboxylic acids is 1. The van der Waals surface area contributed by atoms with Gasteiger partial charge < -0.3 is 29.7 Å². The second kappa shape index (κ2) is 20.4. The SMILES string of the molecule is CS(=O)(=O)c1cc(C(F)(F)F)ccc1C(=O)c1cnoc1C1CC1.C[S+](C)C.Nc1c([N+](=O)[O-])cnn1-c1c(Cl)cc(C(F)(F)F)cc1Cl.O=C(O)CNCP(=O)([O-])O. The van der Waals surface area contributed by atoms with Gasteiger partial charge in [-0.1, -0.05) is 28.4 Å². The number of carboxylic acids is 1. The lowest BCUT2D eigenvalue weighted by atomic mass is 10.0. The van der Waals surface area contributed by atoms with Gasteiger partial charge in [-0.2, -0.15) is 31.4 Å². The Morgan fingerprint density at radius 3 is 1.98 bits per heavy atom. The number of carboxylic acid groups (broad SMARTS) is 1. The van der Waals surface area contributed by atoms with Gasteiger partial charge in [0, 0.05) is 17.7 Å². The number of alkyl halides is 6. The van der Waals surface area contributed by atoms with Crippen LogP contribution < -0.4 is 15.9 Å². The van der Waals surface area contributed by atoms with E-state index in [0.29, 0.717) is 40.9 Å². The zero-order valence-electron chi connectivity index (χ0n) is 30.7. The Kier molecular flexibility index (Phi) is 17.6. The van der Waals surface area contributed by atoms with E-state index < -0.39 is 86.8 Å². The molecule has 0 amide bonds. The molecule has 17 nitrogen and oxygen atoms in total. The molecule has 326 valence electrons. The van der Waals surface area contributed by atoms with Gasteiger partial charge in [-0.3, -0.25) is 25.0 Å². The van der Waals surface area contributed by atoms with Crippen molar-refractivity contribution in [1.29, 1.82) is 0 Å². The highest BCUT2D eigenvalue weighted by Gasteiger charge is 2.36. The number of nitro groups is 1. The molecule has 0 radical (unpaired) electrons. The summed E-state index contributed by atoms with van der Waals surface area (Å²) in [4.78, 5) is 49.6. The molecule has 1 atom stereocenters. The Hall–Kier alpha value is -4.23. The number of rotatable bonds is 10. The lowest BCUT2D eigenvalue weighted by Crippen LogP contribution is -2.25. The van der Waals surface area contributed by atoms with Crippen LogP contribution in [0.2, 0.25) is 10.0 Å². The van der Waals surface area contributed by atoms with E-state index in [9.17, 15) is 63.9 Å². The molecule has 1 unspecified atom stereocenters. The summed E-state index contributed by atoms with van der Waals surface area (Å²) in [6.07, 6.45) is 0.945. The number of nitrogens with zero attached hydrogens (tertiary/aromatic N) is 4. The monoisotopic (exact) mass is 944 g/mol. The Bertz CT molecular complexity index is 2290. The van der Waals surface area contributed by atoms with Crippen LogP contribution in [0.25, 0.3) is 5.69 Å². The normalized spacial score (nSPS) is 13.8. The van der Waals surface area contributed by atoms with Crippen molar-refractivity contribution in [3.05, 3.63) is 90.9 Å². The number of halogens is 8. The van der Waals surface area contributed by atoms with E-state index in [0.717, 1.165) is 36.0 Å². The predicted molar refractivity (Wildman–Crippen MR) is 202 cm³/mol. The van der Waals surface area contributed by atoms with Crippen molar-refractivity contribution in [3.63, 3.8) is 0 Å².